The van der Waals surface area contributed by atoms with Gasteiger partial charge in [0, 0.05) is 12.6 Å². The van der Waals surface area contributed by atoms with Crippen LogP contribution in [0.4, 0.5) is 0 Å². The van der Waals surface area contributed by atoms with E-state index in [0.717, 1.165) is 0 Å². The third-order valence-corrected chi connectivity index (χ3v) is 3.37. The van der Waals surface area contributed by atoms with Gasteiger partial charge in [0.2, 0.25) is 0 Å². The topological polar surface area (TPSA) is 74.9 Å². The van der Waals surface area contributed by atoms with Crippen LogP contribution in [-0.4, -0.2) is 38.7 Å². The highest BCUT2D eigenvalue weighted by Gasteiger charge is 2.34. The molecule has 0 radical (unpaired) electrons. The van der Waals surface area contributed by atoms with Crippen LogP contribution in [0.5, 0.6) is 5.75 Å². The summed E-state index contributed by atoms with van der Waals surface area (Å²) in [5, 5.41) is 28.4. The molecule has 0 aromatic carbocycles. The molecule has 0 aliphatic carbocycles. The normalized spacial score (nSPS) is 28.5. The van der Waals surface area contributed by atoms with Crippen molar-refractivity contribution in [3.63, 3.8) is 0 Å². The largest absolute Gasteiger partial charge is 0.505 e. The average Bonchev–Trinajstić information content (AvgIpc) is 2.67. The monoisotopic (exact) mass is 257 g/mol. The Morgan fingerprint density at radius 2 is 2.29 bits per heavy atom. The zero-order valence-electron chi connectivity index (χ0n) is 9.41. The van der Waals surface area contributed by atoms with Gasteiger partial charge in [-0.15, -0.1) is 0 Å². The van der Waals surface area contributed by atoms with Crippen molar-refractivity contribution < 1.29 is 20.1 Å². The van der Waals surface area contributed by atoms with Crippen molar-refractivity contribution in [1.82, 2.24) is 4.57 Å². The van der Waals surface area contributed by atoms with Crippen molar-refractivity contribution in [3.8, 4) is 5.75 Å². The van der Waals surface area contributed by atoms with Gasteiger partial charge in [-0.3, -0.25) is 0 Å². The summed E-state index contributed by atoms with van der Waals surface area (Å²) in [6.45, 7) is 1.51. The van der Waals surface area contributed by atoms with E-state index in [2.05, 4.69) is 0 Å². The Balaban J connectivity index is 2.31. The summed E-state index contributed by atoms with van der Waals surface area (Å²) in [5.74, 6) is 0.0491. The lowest BCUT2D eigenvalue weighted by Crippen LogP contribution is -2.24. The summed E-state index contributed by atoms with van der Waals surface area (Å²) < 4.78 is 7.60. The molecule has 0 spiro atoms. The van der Waals surface area contributed by atoms with Gasteiger partial charge in [0.05, 0.1) is 22.9 Å². The summed E-state index contributed by atoms with van der Waals surface area (Å²) in [7, 11) is 0. The molecule has 94 valence electrons. The number of aliphatic hydroxyl groups excluding tert-OH is 2. The van der Waals surface area contributed by atoms with Crippen molar-refractivity contribution in [2.75, 3.05) is 6.61 Å². The van der Waals surface area contributed by atoms with Crippen LogP contribution in [0.3, 0.4) is 0 Å². The predicted octanol–water partition coefficient (Wildman–Crippen LogP) is 0.872. The molecule has 1 fully saturated rings. The molecule has 0 amide bonds. The number of aromatic nitrogens is 1. The van der Waals surface area contributed by atoms with Gasteiger partial charge in [-0.05, 0) is 13.0 Å². The van der Waals surface area contributed by atoms with Crippen molar-refractivity contribution in [2.24, 2.45) is 0 Å². The number of aromatic hydroxyl groups is 1. The Hall–Kier alpha value is -0.950. The van der Waals surface area contributed by atoms with Gasteiger partial charge in [0.25, 0.3) is 0 Å². The zero-order valence-corrected chi connectivity index (χ0v) is 10.2. The number of pyridine rings is 1. The third-order valence-electron chi connectivity index (χ3n) is 3.04. The fourth-order valence-electron chi connectivity index (χ4n) is 2.00. The maximum Gasteiger partial charge on any atom is 0.152 e. The van der Waals surface area contributed by atoms with Crippen LogP contribution in [0, 0.1) is 11.4 Å². The minimum Gasteiger partial charge on any atom is -0.505 e. The first kappa shape index (κ1) is 12.5. The average molecular weight is 257 g/mol. The van der Waals surface area contributed by atoms with Gasteiger partial charge in [-0.1, -0.05) is 12.2 Å². The summed E-state index contributed by atoms with van der Waals surface area (Å²) in [5.41, 5.74) is 0.591. The highest BCUT2D eigenvalue weighted by atomic mass is 32.1. The van der Waals surface area contributed by atoms with Crippen LogP contribution in [0.2, 0.25) is 0 Å². The first-order chi connectivity index (χ1) is 8.04. The Morgan fingerprint density at radius 3 is 2.88 bits per heavy atom. The second-order valence-corrected chi connectivity index (χ2v) is 4.58. The van der Waals surface area contributed by atoms with E-state index in [1.54, 1.807) is 23.8 Å². The lowest BCUT2D eigenvalue weighted by atomic mass is 10.2. The highest BCUT2D eigenvalue weighted by molar-refractivity contribution is 7.71. The molecule has 1 aromatic heterocycles. The van der Waals surface area contributed by atoms with Crippen LogP contribution < -0.4 is 0 Å². The summed E-state index contributed by atoms with van der Waals surface area (Å²) in [6, 6.07) is 1.61. The SMILES string of the molecule is Cc1c(O)c(=S)ccn1[C@H]1C[C@H](O)[C@@H](CO)O1. The zero-order chi connectivity index (χ0) is 12.6. The molecule has 0 bridgehead atoms. The molecule has 1 aliphatic rings. The first-order valence-electron chi connectivity index (χ1n) is 5.39. The summed E-state index contributed by atoms with van der Waals surface area (Å²) in [4.78, 5) is 0. The van der Waals surface area contributed by atoms with Gasteiger partial charge in [0.1, 0.15) is 12.3 Å². The molecule has 17 heavy (non-hydrogen) atoms. The van der Waals surface area contributed by atoms with E-state index in [1.165, 1.54) is 0 Å². The predicted molar refractivity (Wildman–Crippen MR) is 63.3 cm³/mol. The molecule has 1 aliphatic heterocycles. The molecule has 3 N–H and O–H groups in total. The molecule has 0 unspecified atom stereocenters. The standard InChI is InChI=1S/C11H15NO4S/c1-6-11(15)9(17)2-3-12(6)10-4-7(14)8(5-13)16-10/h2-3,7-8,10,13-15H,4-5H2,1H3/t7-,8+,10+/m0/s1. The van der Waals surface area contributed by atoms with E-state index < -0.39 is 12.2 Å². The van der Waals surface area contributed by atoms with Crippen LogP contribution >= 0.6 is 12.2 Å². The van der Waals surface area contributed by atoms with Crippen LogP contribution in [0.25, 0.3) is 0 Å². The minimum atomic E-state index is -0.692. The van der Waals surface area contributed by atoms with Crippen LogP contribution in [-0.2, 0) is 4.74 Å². The molecule has 6 heteroatoms. The molecular weight excluding hydrogens is 242 g/mol. The first-order valence-corrected chi connectivity index (χ1v) is 5.80. The number of aliphatic hydroxyl groups is 2. The third kappa shape index (κ3) is 2.21. The van der Waals surface area contributed by atoms with Gasteiger partial charge >= 0.3 is 0 Å². The number of nitrogens with zero attached hydrogens (tertiary/aromatic N) is 1. The molecule has 1 aromatic rings. The van der Waals surface area contributed by atoms with Crippen molar-refractivity contribution in [1.29, 1.82) is 0 Å². The lowest BCUT2D eigenvalue weighted by Gasteiger charge is -2.19. The van der Waals surface area contributed by atoms with Crippen molar-refractivity contribution >= 4 is 12.2 Å². The second-order valence-electron chi connectivity index (χ2n) is 4.14. The number of ether oxygens (including phenoxy) is 1. The molecule has 3 atom stereocenters. The van der Waals surface area contributed by atoms with Gasteiger partial charge in [-0.25, -0.2) is 0 Å². The summed E-state index contributed by atoms with van der Waals surface area (Å²) in [6.07, 6.45) is 0.449. The van der Waals surface area contributed by atoms with Crippen LogP contribution in [0.15, 0.2) is 12.3 Å². The van der Waals surface area contributed by atoms with Gasteiger partial charge in [0.15, 0.2) is 5.75 Å². The van der Waals surface area contributed by atoms with Crippen molar-refractivity contribution in [2.45, 2.75) is 31.8 Å². The number of hydrogen-bond donors (Lipinski definition) is 3. The Morgan fingerprint density at radius 1 is 1.59 bits per heavy atom. The van der Waals surface area contributed by atoms with E-state index in [-0.39, 0.29) is 18.6 Å². The smallest absolute Gasteiger partial charge is 0.152 e. The second kappa shape index (κ2) is 4.73. The number of hydrogen-bond acceptors (Lipinski definition) is 5. The maximum absolute atomic E-state index is 9.74. The van der Waals surface area contributed by atoms with E-state index in [9.17, 15) is 10.2 Å². The van der Waals surface area contributed by atoms with E-state index in [4.69, 9.17) is 22.1 Å². The van der Waals surface area contributed by atoms with E-state index >= 15 is 0 Å². The highest BCUT2D eigenvalue weighted by Crippen LogP contribution is 2.31. The Kier molecular flexibility index (Phi) is 3.48. The quantitative estimate of drug-likeness (QED) is 0.686. The molecule has 5 nitrogen and oxygen atoms in total. The fourth-order valence-corrected chi connectivity index (χ4v) is 2.21. The van der Waals surface area contributed by atoms with E-state index in [0.29, 0.717) is 16.6 Å². The minimum absolute atomic E-state index is 0.0491. The van der Waals surface area contributed by atoms with Gasteiger partial charge in [-0.2, -0.15) is 0 Å². The maximum atomic E-state index is 9.74. The Bertz CT molecular complexity index is 473. The Labute approximate surface area is 104 Å². The number of rotatable bonds is 2. The fraction of sp³-hybridized carbons (Fsp3) is 0.545. The molecule has 2 heterocycles. The molecular formula is C11H15NO4S. The van der Waals surface area contributed by atoms with Crippen LogP contribution in [0.1, 0.15) is 18.3 Å². The van der Waals surface area contributed by atoms with Gasteiger partial charge < -0.3 is 24.6 Å². The summed E-state index contributed by atoms with van der Waals surface area (Å²) >= 11 is 4.95. The molecule has 0 saturated carbocycles. The van der Waals surface area contributed by atoms with Crippen molar-refractivity contribution in [3.05, 3.63) is 22.5 Å². The van der Waals surface area contributed by atoms with E-state index in [1.807, 2.05) is 0 Å². The molecule has 1 saturated heterocycles. The lowest BCUT2D eigenvalue weighted by molar-refractivity contribution is -0.0452. The molecule has 2 rings (SSSR count).